The molecule has 33 heavy (non-hydrogen) atoms. The van der Waals surface area contributed by atoms with Gasteiger partial charge in [-0.25, -0.2) is 4.98 Å². The Morgan fingerprint density at radius 3 is 2.79 bits per heavy atom. The van der Waals surface area contributed by atoms with Crippen molar-refractivity contribution in [3.8, 4) is 0 Å². The smallest absolute Gasteiger partial charge is 0.254 e. The Balaban J connectivity index is 1.42. The van der Waals surface area contributed by atoms with E-state index in [-0.39, 0.29) is 23.9 Å². The van der Waals surface area contributed by atoms with Crippen LogP contribution in [0.1, 0.15) is 52.3 Å². The average molecular weight is 464 g/mol. The molecule has 2 amide bonds. The Morgan fingerprint density at radius 1 is 1.24 bits per heavy atom. The van der Waals surface area contributed by atoms with Gasteiger partial charge in [-0.15, -0.1) is 11.3 Å². The molecular weight excluding hydrogens is 434 g/mol. The molecule has 2 aliphatic rings. The van der Waals surface area contributed by atoms with Crippen molar-refractivity contribution in [1.82, 2.24) is 25.0 Å². The van der Waals surface area contributed by atoms with E-state index in [1.807, 2.05) is 53.1 Å². The number of aryl methyl sites for hydroxylation is 2. The topological polar surface area (TPSA) is 80.1 Å². The van der Waals surface area contributed by atoms with E-state index in [4.69, 9.17) is 0 Å². The fourth-order valence-corrected chi connectivity index (χ4v) is 6.42. The van der Waals surface area contributed by atoms with Crippen LogP contribution >= 0.6 is 11.3 Å². The fourth-order valence-electron chi connectivity index (χ4n) is 5.86. The zero-order chi connectivity index (χ0) is 23.2. The second-order valence-corrected chi connectivity index (χ2v) is 10.1. The summed E-state index contributed by atoms with van der Waals surface area (Å²) in [5.74, 6) is 0.0283. The molecule has 0 unspecified atom stereocenters. The summed E-state index contributed by atoms with van der Waals surface area (Å²) in [6, 6.07) is 9.84. The summed E-state index contributed by atoms with van der Waals surface area (Å²) in [5, 5.41) is 9.43. The number of aromatic nitrogens is 3. The molecule has 7 nitrogen and oxygen atoms in total. The van der Waals surface area contributed by atoms with Crippen molar-refractivity contribution < 1.29 is 9.59 Å². The Kier molecular flexibility index (Phi) is 5.56. The molecule has 4 heterocycles. The highest BCUT2D eigenvalue weighted by atomic mass is 32.1. The van der Waals surface area contributed by atoms with Crippen LogP contribution in [0, 0.1) is 19.3 Å². The van der Waals surface area contributed by atoms with Crippen LogP contribution in [0.25, 0.3) is 0 Å². The zero-order valence-electron chi connectivity index (χ0n) is 19.2. The van der Waals surface area contributed by atoms with E-state index >= 15 is 0 Å². The zero-order valence-corrected chi connectivity index (χ0v) is 20.1. The molecule has 0 aliphatic carbocycles. The lowest BCUT2D eigenvalue weighted by atomic mass is 9.70. The van der Waals surface area contributed by atoms with Crippen molar-refractivity contribution in [3.63, 3.8) is 0 Å². The highest BCUT2D eigenvalue weighted by molar-refractivity contribution is 7.07. The highest BCUT2D eigenvalue weighted by Gasteiger charge is 2.61. The maximum Gasteiger partial charge on any atom is 0.254 e. The van der Waals surface area contributed by atoms with Gasteiger partial charge in [-0.05, 0) is 56.9 Å². The highest BCUT2D eigenvalue weighted by Crippen LogP contribution is 2.52. The number of hydrogen-bond acceptors (Lipinski definition) is 5. The van der Waals surface area contributed by atoms with Crippen LogP contribution in [0.3, 0.4) is 0 Å². The Morgan fingerprint density at radius 2 is 2.09 bits per heavy atom. The third-order valence-electron chi connectivity index (χ3n) is 7.24. The van der Waals surface area contributed by atoms with Crippen molar-refractivity contribution in [3.05, 3.63) is 69.4 Å². The minimum absolute atomic E-state index is 0.0128. The van der Waals surface area contributed by atoms with E-state index in [2.05, 4.69) is 21.5 Å². The van der Waals surface area contributed by atoms with Gasteiger partial charge in [-0.3, -0.25) is 14.3 Å². The van der Waals surface area contributed by atoms with Gasteiger partial charge in [0.2, 0.25) is 5.91 Å². The molecule has 3 aromatic rings. The van der Waals surface area contributed by atoms with Gasteiger partial charge in [-0.2, -0.15) is 5.10 Å². The Bertz CT molecular complexity index is 1190. The van der Waals surface area contributed by atoms with Crippen LogP contribution in [-0.4, -0.2) is 50.6 Å². The van der Waals surface area contributed by atoms with E-state index in [1.54, 1.807) is 12.6 Å². The molecule has 0 saturated carbocycles. The predicted octanol–water partition coefficient (Wildman–Crippen LogP) is 3.36. The normalized spacial score (nSPS) is 23.8. The summed E-state index contributed by atoms with van der Waals surface area (Å²) in [4.78, 5) is 33.3. The number of carbonyl (C=O) groups is 2. The molecule has 0 spiro atoms. The molecule has 8 heteroatoms. The third-order valence-corrected chi connectivity index (χ3v) is 7.88. The summed E-state index contributed by atoms with van der Waals surface area (Å²) in [5.41, 5.74) is 5.90. The molecule has 5 rings (SSSR count). The lowest BCUT2D eigenvalue weighted by Crippen LogP contribution is -2.50. The Labute approximate surface area is 197 Å². The SMILES string of the molecule is CNC(=O)[C@@]1(Cc2cscn2)C[C@H]2CC[C@@H]1N2C(=O)c1cccc(Cn2nc(C)cc2C)c1. The second kappa shape index (κ2) is 8.41. The number of rotatable bonds is 6. The first kappa shape index (κ1) is 21.8. The molecule has 2 bridgehead atoms. The minimum atomic E-state index is -0.622. The summed E-state index contributed by atoms with van der Waals surface area (Å²) in [7, 11) is 1.69. The van der Waals surface area contributed by atoms with Crippen molar-refractivity contribution in [2.75, 3.05) is 7.05 Å². The number of fused-ring (bicyclic) bond motifs is 2. The largest absolute Gasteiger partial charge is 0.359 e. The fraction of sp³-hybridized carbons (Fsp3) is 0.440. The maximum absolute atomic E-state index is 13.7. The van der Waals surface area contributed by atoms with E-state index in [9.17, 15) is 9.59 Å². The molecule has 2 fully saturated rings. The number of thiazole rings is 1. The van der Waals surface area contributed by atoms with E-state index in [0.29, 0.717) is 24.9 Å². The Hall–Kier alpha value is -3.00. The number of nitrogens with one attached hydrogen (secondary N) is 1. The van der Waals surface area contributed by atoms with Crippen molar-refractivity contribution in [2.24, 2.45) is 5.41 Å². The van der Waals surface area contributed by atoms with Crippen LogP contribution in [0.4, 0.5) is 0 Å². The standard InChI is InChI=1S/C25H29N5O2S/c1-16-9-17(2)29(28-16)13-18-5-4-6-19(10-18)23(31)30-21-7-8-22(30)25(12-21,24(32)26-3)11-20-14-33-15-27-20/h4-6,9-10,14-15,21-22H,7-8,11-13H2,1-3H3,(H,26,32)/t21-,22+,25+/m1/s1. The van der Waals surface area contributed by atoms with Crippen molar-refractivity contribution >= 4 is 23.2 Å². The van der Waals surface area contributed by atoms with Crippen LogP contribution < -0.4 is 5.32 Å². The van der Waals surface area contributed by atoms with Crippen LogP contribution in [0.15, 0.2) is 41.2 Å². The summed E-state index contributed by atoms with van der Waals surface area (Å²) < 4.78 is 1.96. The van der Waals surface area contributed by atoms with Gasteiger partial charge in [0.1, 0.15) is 0 Å². The molecule has 3 atom stereocenters. The first-order chi connectivity index (χ1) is 15.9. The number of benzene rings is 1. The number of nitrogens with zero attached hydrogens (tertiary/aromatic N) is 4. The molecule has 1 aromatic carbocycles. The van der Waals surface area contributed by atoms with Gasteiger partial charge in [0.25, 0.3) is 5.91 Å². The average Bonchev–Trinajstić information content (AvgIpc) is 3.58. The maximum atomic E-state index is 13.7. The van der Waals surface area contributed by atoms with Crippen molar-refractivity contribution in [2.45, 2.75) is 58.2 Å². The molecular formula is C25H29N5O2S. The van der Waals surface area contributed by atoms with Gasteiger partial charge >= 0.3 is 0 Å². The second-order valence-electron chi connectivity index (χ2n) is 9.34. The lowest BCUT2D eigenvalue weighted by molar-refractivity contribution is -0.132. The first-order valence-corrected chi connectivity index (χ1v) is 12.4. The van der Waals surface area contributed by atoms with Crippen LogP contribution in [0.2, 0.25) is 0 Å². The monoisotopic (exact) mass is 463 g/mol. The minimum Gasteiger partial charge on any atom is -0.359 e. The lowest BCUT2D eigenvalue weighted by Gasteiger charge is -2.35. The van der Waals surface area contributed by atoms with Crippen molar-refractivity contribution in [1.29, 1.82) is 0 Å². The molecule has 2 aliphatic heterocycles. The van der Waals surface area contributed by atoms with E-state index in [1.165, 1.54) is 11.3 Å². The van der Waals surface area contributed by atoms with Gasteiger partial charge in [-0.1, -0.05) is 12.1 Å². The molecule has 2 saturated heterocycles. The summed E-state index contributed by atoms with van der Waals surface area (Å²) in [6.45, 7) is 4.65. The quantitative estimate of drug-likeness (QED) is 0.608. The summed E-state index contributed by atoms with van der Waals surface area (Å²) >= 11 is 1.54. The molecule has 1 N–H and O–H groups in total. The summed E-state index contributed by atoms with van der Waals surface area (Å²) in [6.07, 6.45) is 3.04. The molecule has 172 valence electrons. The number of carbonyl (C=O) groups excluding carboxylic acids is 2. The van der Waals surface area contributed by atoms with Gasteiger partial charge < -0.3 is 10.2 Å². The number of hydrogen-bond donors (Lipinski definition) is 1. The van der Waals surface area contributed by atoms with Gasteiger partial charge in [0.05, 0.1) is 28.9 Å². The van der Waals surface area contributed by atoms with Gasteiger partial charge in [0, 0.05) is 42.2 Å². The van der Waals surface area contributed by atoms with Crippen LogP contribution in [0.5, 0.6) is 0 Å². The third kappa shape index (κ3) is 3.76. The van der Waals surface area contributed by atoms with E-state index in [0.717, 1.165) is 35.5 Å². The van der Waals surface area contributed by atoms with E-state index < -0.39 is 5.41 Å². The predicted molar refractivity (Wildman–Crippen MR) is 127 cm³/mol. The molecule has 0 radical (unpaired) electrons. The first-order valence-electron chi connectivity index (χ1n) is 11.4. The molecule has 2 aromatic heterocycles. The van der Waals surface area contributed by atoms with Crippen LogP contribution in [-0.2, 0) is 17.8 Å². The number of amides is 2. The van der Waals surface area contributed by atoms with Gasteiger partial charge in [0.15, 0.2) is 0 Å².